The predicted octanol–water partition coefficient (Wildman–Crippen LogP) is 1.57. The SMILES string of the molecule is COCc1ccc(OC2(C)CNC2)cc1. The van der Waals surface area contributed by atoms with Gasteiger partial charge in [-0.15, -0.1) is 0 Å². The lowest BCUT2D eigenvalue weighted by Crippen LogP contribution is -2.60. The Labute approximate surface area is 90.4 Å². The molecule has 0 atom stereocenters. The molecule has 15 heavy (non-hydrogen) atoms. The first-order valence-corrected chi connectivity index (χ1v) is 5.19. The van der Waals surface area contributed by atoms with Crippen LogP contribution in [-0.4, -0.2) is 25.8 Å². The van der Waals surface area contributed by atoms with Crippen molar-refractivity contribution in [3.05, 3.63) is 29.8 Å². The van der Waals surface area contributed by atoms with Gasteiger partial charge in [-0.1, -0.05) is 12.1 Å². The molecule has 0 saturated carbocycles. The second kappa shape index (κ2) is 4.21. The van der Waals surface area contributed by atoms with Crippen LogP contribution in [0, 0.1) is 0 Å². The van der Waals surface area contributed by atoms with Crippen molar-refractivity contribution in [2.45, 2.75) is 19.1 Å². The van der Waals surface area contributed by atoms with Gasteiger partial charge in [0.1, 0.15) is 11.4 Å². The van der Waals surface area contributed by atoms with Crippen LogP contribution in [0.5, 0.6) is 5.75 Å². The first-order chi connectivity index (χ1) is 7.22. The van der Waals surface area contributed by atoms with E-state index in [1.165, 1.54) is 5.56 Å². The van der Waals surface area contributed by atoms with Crippen LogP contribution in [0.3, 0.4) is 0 Å². The first kappa shape index (κ1) is 10.5. The molecule has 1 aliphatic heterocycles. The Morgan fingerprint density at radius 2 is 1.93 bits per heavy atom. The molecule has 1 fully saturated rings. The lowest BCUT2D eigenvalue weighted by Gasteiger charge is -2.39. The molecule has 0 aliphatic carbocycles. The number of rotatable bonds is 4. The molecule has 0 bridgehead atoms. The molecule has 0 spiro atoms. The lowest BCUT2D eigenvalue weighted by molar-refractivity contribution is 0.0348. The van der Waals surface area contributed by atoms with Gasteiger partial charge in [-0.2, -0.15) is 0 Å². The van der Waals surface area contributed by atoms with Crippen LogP contribution in [0.2, 0.25) is 0 Å². The van der Waals surface area contributed by atoms with E-state index in [0.29, 0.717) is 6.61 Å². The highest BCUT2D eigenvalue weighted by molar-refractivity contribution is 5.28. The molecule has 2 rings (SSSR count). The third-order valence-corrected chi connectivity index (χ3v) is 2.60. The van der Waals surface area contributed by atoms with Crippen LogP contribution >= 0.6 is 0 Å². The van der Waals surface area contributed by atoms with Crippen molar-refractivity contribution in [2.75, 3.05) is 20.2 Å². The van der Waals surface area contributed by atoms with Gasteiger partial charge in [0.15, 0.2) is 0 Å². The second-order valence-electron chi connectivity index (χ2n) is 4.23. The summed E-state index contributed by atoms with van der Waals surface area (Å²) in [6, 6.07) is 8.07. The van der Waals surface area contributed by atoms with Gasteiger partial charge >= 0.3 is 0 Å². The summed E-state index contributed by atoms with van der Waals surface area (Å²) in [7, 11) is 1.70. The van der Waals surface area contributed by atoms with Gasteiger partial charge in [-0.05, 0) is 24.6 Å². The van der Waals surface area contributed by atoms with Crippen LogP contribution in [0.1, 0.15) is 12.5 Å². The third kappa shape index (κ3) is 2.49. The molecule has 1 saturated heterocycles. The summed E-state index contributed by atoms with van der Waals surface area (Å²) in [5, 5.41) is 3.21. The Morgan fingerprint density at radius 3 is 2.40 bits per heavy atom. The minimum absolute atomic E-state index is 0.0250. The van der Waals surface area contributed by atoms with Crippen molar-refractivity contribution in [1.29, 1.82) is 0 Å². The summed E-state index contributed by atoms with van der Waals surface area (Å²) in [6.07, 6.45) is 0. The average molecular weight is 207 g/mol. The Bertz CT molecular complexity index is 317. The summed E-state index contributed by atoms with van der Waals surface area (Å²) in [5.74, 6) is 0.929. The maximum absolute atomic E-state index is 5.87. The zero-order valence-electron chi connectivity index (χ0n) is 9.25. The Hall–Kier alpha value is -1.06. The highest BCUT2D eigenvalue weighted by atomic mass is 16.5. The summed E-state index contributed by atoms with van der Waals surface area (Å²) < 4.78 is 10.9. The summed E-state index contributed by atoms with van der Waals surface area (Å²) >= 11 is 0. The molecule has 1 aliphatic rings. The van der Waals surface area contributed by atoms with E-state index < -0.39 is 0 Å². The summed E-state index contributed by atoms with van der Waals surface area (Å²) in [5.41, 5.74) is 1.14. The van der Waals surface area contributed by atoms with Crippen LogP contribution in [0.15, 0.2) is 24.3 Å². The minimum atomic E-state index is -0.0250. The van der Waals surface area contributed by atoms with Crippen molar-refractivity contribution < 1.29 is 9.47 Å². The number of ether oxygens (including phenoxy) is 2. The Morgan fingerprint density at radius 1 is 1.27 bits per heavy atom. The molecule has 0 unspecified atom stereocenters. The number of methoxy groups -OCH3 is 1. The molecule has 0 amide bonds. The number of benzene rings is 1. The predicted molar refractivity (Wildman–Crippen MR) is 59.1 cm³/mol. The van der Waals surface area contributed by atoms with Crippen molar-refractivity contribution in [3.8, 4) is 5.75 Å². The van der Waals surface area contributed by atoms with Crippen molar-refractivity contribution >= 4 is 0 Å². The third-order valence-electron chi connectivity index (χ3n) is 2.60. The normalized spacial score (nSPS) is 18.3. The van der Waals surface area contributed by atoms with Crippen LogP contribution in [0.4, 0.5) is 0 Å². The zero-order valence-corrected chi connectivity index (χ0v) is 9.25. The molecule has 3 heteroatoms. The van der Waals surface area contributed by atoms with E-state index in [2.05, 4.69) is 12.2 Å². The van der Waals surface area contributed by atoms with Gasteiger partial charge in [0.25, 0.3) is 0 Å². The van der Waals surface area contributed by atoms with Gasteiger partial charge in [-0.25, -0.2) is 0 Å². The number of hydrogen-bond donors (Lipinski definition) is 1. The first-order valence-electron chi connectivity index (χ1n) is 5.19. The van der Waals surface area contributed by atoms with Gasteiger partial charge in [0.05, 0.1) is 6.61 Å². The Balaban J connectivity index is 1.97. The van der Waals surface area contributed by atoms with Gasteiger partial charge in [-0.3, -0.25) is 0 Å². The second-order valence-corrected chi connectivity index (χ2v) is 4.23. The van der Waals surface area contributed by atoms with Crippen molar-refractivity contribution in [2.24, 2.45) is 0 Å². The van der Waals surface area contributed by atoms with E-state index in [0.717, 1.165) is 18.8 Å². The quantitative estimate of drug-likeness (QED) is 0.813. The smallest absolute Gasteiger partial charge is 0.131 e. The van der Waals surface area contributed by atoms with Gasteiger partial charge in [0.2, 0.25) is 0 Å². The topological polar surface area (TPSA) is 30.5 Å². The average Bonchev–Trinajstić information content (AvgIpc) is 2.19. The zero-order chi connectivity index (χ0) is 10.7. The van der Waals surface area contributed by atoms with E-state index >= 15 is 0 Å². The van der Waals surface area contributed by atoms with Gasteiger partial charge in [0, 0.05) is 20.2 Å². The van der Waals surface area contributed by atoms with Crippen LogP contribution in [0.25, 0.3) is 0 Å². The fraction of sp³-hybridized carbons (Fsp3) is 0.500. The van der Waals surface area contributed by atoms with E-state index in [1.54, 1.807) is 7.11 Å². The molecular weight excluding hydrogens is 190 g/mol. The number of hydrogen-bond acceptors (Lipinski definition) is 3. The fourth-order valence-electron chi connectivity index (χ4n) is 1.65. The van der Waals surface area contributed by atoms with Crippen LogP contribution < -0.4 is 10.1 Å². The van der Waals surface area contributed by atoms with E-state index in [-0.39, 0.29) is 5.60 Å². The molecule has 1 aromatic carbocycles. The molecule has 82 valence electrons. The highest BCUT2D eigenvalue weighted by Crippen LogP contribution is 2.22. The molecular formula is C12H17NO2. The maximum Gasteiger partial charge on any atom is 0.131 e. The van der Waals surface area contributed by atoms with E-state index in [4.69, 9.17) is 9.47 Å². The van der Waals surface area contributed by atoms with Crippen molar-refractivity contribution in [3.63, 3.8) is 0 Å². The fourth-order valence-corrected chi connectivity index (χ4v) is 1.65. The molecule has 1 N–H and O–H groups in total. The highest BCUT2D eigenvalue weighted by Gasteiger charge is 2.33. The molecule has 1 aromatic rings. The summed E-state index contributed by atoms with van der Waals surface area (Å²) in [4.78, 5) is 0. The maximum atomic E-state index is 5.87. The Kier molecular flexibility index (Phi) is 2.93. The lowest BCUT2D eigenvalue weighted by atomic mass is 10.00. The molecule has 0 aromatic heterocycles. The van der Waals surface area contributed by atoms with Crippen LogP contribution in [-0.2, 0) is 11.3 Å². The molecule has 1 heterocycles. The monoisotopic (exact) mass is 207 g/mol. The molecule has 0 radical (unpaired) electrons. The van der Waals surface area contributed by atoms with Crippen molar-refractivity contribution in [1.82, 2.24) is 5.32 Å². The minimum Gasteiger partial charge on any atom is -0.485 e. The largest absolute Gasteiger partial charge is 0.485 e. The number of nitrogens with one attached hydrogen (secondary N) is 1. The van der Waals surface area contributed by atoms with E-state index in [9.17, 15) is 0 Å². The molecule has 3 nitrogen and oxygen atoms in total. The van der Waals surface area contributed by atoms with E-state index in [1.807, 2.05) is 24.3 Å². The van der Waals surface area contributed by atoms with Gasteiger partial charge < -0.3 is 14.8 Å². The summed E-state index contributed by atoms with van der Waals surface area (Å²) in [6.45, 7) is 4.62. The standard InChI is InChI=1S/C12H17NO2/c1-12(8-13-9-12)15-11-5-3-10(4-6-11)7-14-2/h3-6,13H,7-9H2,1-2H3.